The first-order valence-corrected chi connectivity index (χ1v) is 9.42. The Hall–Kier alpha value is -2.25. The highest BCUT2D eigenvalue weighted by Crippen LogP contribution is 2.31. The smallest absolute Gasteiger partial charge is 0.313 e. The minimum atomic E-state index is -1.01. The van der Waals surface area contributed by atoms with Crippen LogP contribution in [0.1, 0.15) is 18.5 Å². The number of piperidine rings is 1. The molecule has 3 rings (SSSR count). The standard InChI is InChI=1S/C19H22N2O4S/c1-25-13-19(18(23)24)8-5-9-21(12-19)16(22)10-15-11-26-17(20-15)14-6-3-2-4-7-14/h2-4,6-7,11H,5,8-10,12-13H2,1H3,(H,23,24). The molecule has 1 aromatic carbocycles. The number of carbonyl (C=O) groups is 2. The van der Waals surface area contributed by atoms with Crippen LogP contribution in [0.2, 0.25) is 0 Å². The predicted octanol–water partition coefficient (Wildman–Crippen LogP) is 2.69. The second-order valence-corrected chi connectivity index (χ2v) is 7.48. The van der Waals surface area contributed by atoms with Crippen LogP contribution in [0.25, 0.3) is 10.6 Å². The van der Waals surface area contributed by atoms with Crippen LogP contribution < -0.4 is 0 Å². The highest BCUT2D eigenvalue weighted by atomic mass is 32.1. The van der Waals surface area contributed by atoms with Crippen molar-refractivity contribution in [1.82, 2.24) is 9.88 Å². The van der Waals surface area contributed by atoms with E-state index in [0.29, 0.717) is 19.4 Å². The Kier molecular flexibility index (Phi) is 5.68. The van der Waals surface area contributed by atoms with Gasteiger partial charge < -0.3 is 14.7 Å². The van der Waals surface area contributed by atoms with Gasteiger partial charge in [0, 0.05) is 31.1 Å². The number of ether oxygens (including phenoxy) is 1. The summed E-state index contributed by atoms with van der Waals surface area (Å²) in [6.07, 6.45) is 1.37. The average molecular weight is 374 g/mol. The van der Waals surface area contributed by atoms with Gasteiger partial charge >= 0.3 is 5.97 Å². The number of carboxylic acid groups (broad SMARTS) is 1. The molecule has 0 bridgehead atoms. The van der Waals surface area contributed by atoms with Crippen LogP contribution in [0.4, 0.5) is 0 Å². The van der Waals surface area contributed by atoms with Crippen molar-refractivity contribution in [2.45, 2.75) is 19.3 Å². The second kappa shape index (κ2) is 7.97. The highest BCUT2D eigenvalue weighted by Gasteiger charge is 2.43. The zero-order valence-electron chi connectivity index (χ0n) is 14.7. The summed E-state index contributed by atoms with van der Waals surface area (Å²) in [6.45, 7) is 0.874. The number of hydrogen-bond acceptors (Lipinski definition) is 5. The van der Waals surface area contributed by atoms with E-state index < -0.39 is 11.4 Å². The Morgan fingerprint density at radius 1 is 1.35 bits per heavy atom. The number of nitrogens with zero attached hydrogens (tertiary/aromatic N) is 2. The van der Waals surface area contributed by atoms with E-state index in [4.69, 9.17) is 4.74 Å². The van der Waals surface area contributed by atoms with E-state index in [2.05, 4.69) is 4.98 Å². The molecule has 26 heavy (non-hydrogen) atoms. The molecule has 2 aromatic rings. The molecule has 1 amide bonds. The van der Waals surface area contributed by atoms with Gasteiger partial charge in [0.05, 0.1) is 18.7 Å². The summed E-state index contributed by atoms with van der Waals surface area (Å²) >= 11 is 1.51. The van der Waals surface area contributed by atoms with Gasteiger partial charge in [0.25, 0.3) is 0 Å². The lowest BCUT2D eigenvalue weighted by molar-refractivity contribution is -0.159. The molecular formula is C19H22N2O4S. The summed E-state index contributed by atoms with van der Waals surface area (Å²) in [6, 6.07) is 9.84. The van der Waals surface area contributed by atoms with Gasteiger partial charge in [-0.1, -0.05) is 30.3 Å². The van der Waals surface area contributed by atoms with Crippen LogP contribution in [0.15, 0.2) is 35.7 Å². The fraction of sp³-hybridized carbons (Fsp3) is 0.421. The lowest BCUT2D eigenvalue weighted by Gasteiger charge is -2.39. The van der Waals surface area contributed by atoms with Crippen LogP contribution in [0, 0.1) is 5.41 Å². The van der Waals surface area contributed by atoms with E-state index in [9.17, 15) is 14.7 Å². The summed E-state index contributed by atoms with van der Waals surface area (Å²) in [5, 5.41) is 12.4. The van der Waals surface area contributed by atoms with Crippen molar-refractivity contribution in [3.63, 3.8) is 0 Å². The maximum absolute atomic E-state index is 12.7. The quantitative estimate of drug-likeness (QED) is 0.841. The fourth-order valence-electron chi connectivity index (χ4n) is 3.34. The Bertz CT molecular complexity index is 773. The van der Waals surface area contributed by atoms with Gasteiger partial charge in [0.15, 0.2) is 0 Å². The molecule has 2 heterocycles. The molecular weight excluding hydrogens is 352 g/mol. The number of likely N-dealkylation sites (tertiary alicyclic amines) is 1. The first kappa shape index (κ1) is 18.5. The zero-order valence-corrected chi connectivity index (χ0v) is 15.5. The summed E-state index contributed by atoms with van der Waals surface area (Å²) < 4.78 is 5.12. The van der Waals surface area contributed by atoms with Crippen molar-refractivity contribution >= 4 is 23.2 Å². The normalized spacial score (nSPS) is 20.1. The number of thiazole rings is 1. The van der Waals surface area contributed by atoms with E-state index in [1.165, 1.54) is 18.4 Å². The molecule has 1 fully saturated rings. The topological polar surface area (TPSA) is 79.7 Å². The molecule has 1 atom stereocenters. The molecule has 1 saturated heterocycles. The third-order valence-electron chi connectivity index (χ3n) is 4.71. The molecule has 6 nitrogen and oxygen atoms in total. The molecule has 0 aliphatic carbocycles. The van der Waals surface area contributed by atoms with E-state index in [1.807, 2.05) is 35.7 Å². The molecule has 1 aliphatic heterocycles. The van der Waals surface area contributed by atoms with Gasteiger partial charge in [-0.15, -0.1) is 11.3 Å². The van der Waals surface area contributed by atoms with Crippen molar-refractivity contribution < 1.29 is 19.4 Å². The van der Waals surface area contributed by atoms with Crippen LogP contribution in [0.3, 0.4) is 0 Å². The lowest BCUT2D eigenvalue weighted by Crippen LogP contribution is -2.52. The Morgan fingerprint density at radius 3 is 2.81 bits per heavy atom. The van der Waals surface area contributed by atoms with Crippen molar-refractivity contribution in [2.24, 2.45) is 5.41 Å². The Labute approximate surface area is 156 Å². The van der Waals surface area contributed by atoms with E-state index in [-0.39, 0.29) is 25.5 Å². The maximum Gasteiger partial charge on any atom is 0.313 e. The van der Waals surface area contributed by atoms with Gasteiger partial charge in [-0.05, 0) is 12.8 Å². The van der Waals surface area contributed by atoms with Crippen LogP contribution in [0.5, 0.6) is 0 Å². The Balaban J connectivity index is 1.68. The van der Waals surface area contributed by atoms with Crippen molar-refractivity contribution in [2.75, 3.05) is 26.8 Å². The van der Waals surface area contributed by atoms with Crippen LogP contribution >= 0.6 is 11.3 Å². The third-order valence-corrected chi connectivity index (χ3v) is 5.65. The third kappa shape index (κ3) is 3.94. The molecule has 0 spiro atoms. The van der Waals surface area contributed by atoms with E-state index in [0.717, 1.165) is 16.3 Å². The first-order chi connectivity index (χ1) is 12.5. The number of carbonyl (C=O) groups excluding carboxylic acids is 1. The largest absolute Gasteiger partial charge is 0.481 e. The number of benzene rings is 1. The summed E-state index contributed by atoms with van der Waals surface area (Å²) in [5.41, 5.74) is 0.733. The molecule has 138 valence electrons. The zero-order chi connectivity index (χ0) is 18.6. The second-order valence-electron chi connectivity index (χ2n) is 6.62. The van der Waals surface area contributed by atoms with Crippen molar-refractivity contribution in [3.05, 3.63) is 41.4 Å². The number of amides is 1. The van der Waals surface area contributed by atoms with Gasteiger partial charge in [-0.25, -0.2) is 4.98 Å². The van der Waals surface area contributed by atoms with Crippen molar-refractivity contribution in [1.29, 1.82) is 0 Å². The fourth-order valence-corrected chi connectivity index (χ4v) is 4.17. The number of hydrogen-bond donors (Lipinski definition) is 1. The number of carboxylic acids is 1. The van der Waals surface area contributed by atoms with Gasteiger partial charge in [0.2, 0.25) is 5.91 Å². The highest BCUT2D eigenvalue weighted by molar-refractivity contribution is 7.13. The summed E-state index contributed by atoms with van der Waals surface area (Å²) in [5.74, 6) is -0.992. The van der Waals surface area contributed by atoms with E-state index >= 15 is 0 Å². The maximum atomic E-state index is 12.7. The van der Waals surface area contributed by atoms with E-state index in [1.54, 1.807) is 4.90 Å². The molecule has 1 aromatic heterocycles. The van der Waals surface area contributed by atoms with Gasteiger partial charge in [0.1, 0.15) is 10.4 Å². The minimum Gasteiger partial charge on any atom is -0.481 e. The molecule has 0 radical (unpaired) electrons. The Morgan fingerprint density at radius 2 is 2.12 bits per heavy atom. The monoisotopic (exact) mass is 374 g/mol. The van der Waals surface area contributed by atoms with Gasteiger partial charge in [-0.2, -0.15) is 0 Å². The number of aromatic nitrogens is 1. The first-order valence-electron chi connectivity index (χ1n) is 8.54. The molecule has 7 heteroatoms. The summed E-state index contributed by atoms with van der Waals surface area (Å²) in [7, 11) is 1.49. The number of aliphatic carboxylic acids is 1. The summed E-state index contributed by atoms with van der Waals surface area (Å²) in [4.78, 5) is 30.6. The predicted molar refractivity (Wildman–Crippen MR) is 99.0 cm³/mol. The minimum absolute atomic E-state index is 0.0867. The number of rotatable bonds is 6. The lowest BCUT2D eigenvalue weighted by atomic mass is 9.80. The number of methoxy groups -OCH3 is 1. The van der Waals surface area contributed by atoms with Gasteiger partial charge in [-0.3, -0.25) is 9.59 Å². The molecule has 1 N–H and O–H groups in total. The van der Waals surface area contributed by atoms with Crippen molar-refractivity contribution in [3.8, 4) is 10.6 Å². The molecule has 1 aliphatic rings. The average Bonchev–Trinajstić information content (AvgIpc) is 3.11. The van der Waals surface area contributed by atoms with Crippen LogP contribution in [-0.4, -0.2) is 53.7 Å². The molecule has 0 saturated carbocycles. The van der Waals surface area contributed by atoms with Crippen LogP contribution in [-0.2, 0) is 20.7 Å². The SMILES string of the molecule is COCC1(C(=O)O)CCCN(C(=O)Cc2csc(-c3ccccc3)n2)C1. The molecule has 1 unspecified atom stereocenters.